The first-order chi connectivity index (χ1) is 8.11. The second-order valence-electron chi connectivity index (χ2n) is 4.05. The summed E-state index contributed by atoms with van der Waals surface area (Å²) in [4.78, 5) is 0. The zero-order chi connectivity index (χ0) is 12.4. The molecule has 1 fully saturated rings. The van der Waals surface area contributed by atoms with Gasteiger partial charge in [-0.1, -0.05) is 11.6 Å². The van der Waals surface area contributed by atoms with Gasteiger partial charge >= 0.3 is 0 Å². The number of benzene rings is 1. The smallest absolute Gasteiger partial charge is 0.142 e. The molecule has 1 saturated carbocycles. The van der Waals surface area contributed by atoms with Crippen molar-refractivity contribution in [2.24, 2.45) is 5.73 Å². The van der Waals surface area contributed by atoms with Gasteiger partial charge in [-0.05, 0) is 19.1 Å². The molecule has 94 valence electrons. The Bertz CT molecular complexity index is 402. The van der Waals surface area contributed by atoms with Gasteiger partial charge in [0.2, 0.25) is 0 Å². The van der Waals surface area contributed by atoms with Crippen molar-refractivity contribution < 1.29 is 13.9 Å². The highest BCUT2D eigenvalue weighted by molar-refractivity contribution is 6.30. The summed E-state index contributed by atoms with van der Waals surface area (Å²) in [5, 5.41) is 0.0547. The van der Waals surface area contributed by atoms with Crippen LogP contribution < -0.4 is 10.5 Å². The Hall–Kier alpha value is -0.840. The fourth-order valence-electron chi connectivity index (χ4n) is 1.88. The molecule has 2 N–H and O–H groups in total. The molecule has 1 aliphatic carbocycles. The second-order valence-corrected chi connectivity index (χ2v) is 4.46. The Kier molecular flexibility index (Phi) is 3.86. The number of hydrogen-bond donors (Lipinski definition) is 1. The van der Waals surface area contributed by atoms with Crippen LogP contribution in [0, 0.1) is 5.82 Å². The lowest BCUT2D eigenvalue weighted by Gasteiger charge is -2.41. The van der Waals surface area contributed by atoms with Gasteiger partial charge in [0.25, 0.3) is 0 Å². The highest BCUT2D eigenvalue weighted by atomic mass is 35.5. The highest BCUT2D eigenvalue weighted by Crippen LogP contribution is 2.29. The number of rotatable bonds is 4. The molecule has 1 aromatic rings. The summed E-state index contributed by atoms with van der Waals surface area (Å²) in [6.45, 7) is 2.51. The van der Waals surface area contributed by atoms with Crippen molar-refractivity contribution in [1.82, 2.24) is 0 Å². The molecule has 17 heavy (non-hydrogen) atoms. The number of nitrogens with two attached hydrogens (primary N) is 1. The lowest BCUT2D eigenvalue weighted by atomic mass is 9.86. The van der Waals surface area contributed by atoms with E-state index < -0.39 is 5.82 Å². The van der Waals surface area contributed by atoms with E-state index in [0.29, 0.717) is 12.4 Å². The van der Waals surface area contributed by atoms with Crippen molar-refractivity contribution >= 4 is 11.6 Å². The standard InChI is InChI=1S/C12H15ClFNO2/c1-2-16-12-10(15)6-11(12)17-7-3-4-9(14)8(13)5-7/h3-5,10-12H,2,6,15H2,1H3. The van der Waals surface area contributed by atoms with E-state index in [0.717, 1.165) is 6.42 Å². The van der Waals surface area contributed by atoms with Gasteiger partial charge in [-0.15, -0.1) is 0 Å². The molecule has 1 aromatic carbocycles. The SMILES string of the molecule is CCOC1C(N)CC1Oc1ccc(F)c(Cl)c1. The molecule has 0 spiro atoms. The first-order valence-corrected chi connectivity index (χ1v) is 5.98. The third-order valence-corrected chi connectivity index (χ3v) is 3.12. The average Bonchev–Trinajstić information content (AvgIpc) is 2.30. The summed E-state index contributed by atoms with van der Waals surface area (Å²) >= 11 is 5.67. The normalized spacial score (nSPS) is 27.6. The maximum absolute atomic E-state index is 13.0. The van der Waals surface area contributed by atoms with Gasteiger partial charge in [0.05, 0.1) is 5.02 Å². The topological polar surface area (TPSA) is 44.5 Å². The first-order valence-electron chi connectivity index (χ1n) is 5.60. The summed E-state index contributed by atoms with van der Waals surface area (Å²) < 4.78 is 24.1. The molecule has 3 atom stereocenters. The summed E-state index contributed by atoms with van der Waals surface area (Å²) in [5.41, 5.74) is 5.82. The maximum atomic E-state index is 13.0. The van der Waals surface area contributed by atoms with E-state index >= 15 is 0 Å². The van der Waals surface area contributed by atoms with E-state index in [1.54, 1.807) is 6.07 Å². The van der Waals surface area contributed by atoms with Gasteiger partial charge in [0.1, 0.15) is 23.8 Å². The van der Waals surface area contributed by atoms with Crippen LogP contribution in [0.2, 0.25) is 5.02 Å². The molecule has 3 nitrogen and oxygen atoms in total. The molecule has 2 rings (SSSR count). The minimum Gasteiger partial charge on any atom is -0.488 e. The Morgan fingerprint density at radius 3 is 2.88 bits per heavy atom. The minimum atomic E-state index is -0.453. The monoisotopic (exact) mass is 259 g/mol. The van der Waals surface area contributed by atoms with Gasteiger partial charge < -0.3 is 15.2 Å². The molecule has 0 aromatic heterocycles. The van der Waals surface area contributed by atoms with E-state index in [4.69, 9.17) is 26.8 Å². The molecule has 0 aliphatic heterocycles. The van der Waals surface area contributed by atoms with Crippen molar-refractivity contribution in [1.29, 1.82) is 0 Å². The van der Waals surface area contributed by atoms with Crippen LogP contribution in [-0.4, -0.2) is 24.9 Å². The Balaban J connectivity index is 1.99. The van der Waals surface area contributed by atoms with Crippen LogP contribution in [0.3, 0.4) is 0 Å². The molecule has 0 heterocycles. The fourth-order valence-corrected chi connectivity index (χ4v) is 2.05. The molecule has 3 unspecified atom stereocenters. The lowest BCUT2D eigenvalue weighted by Crippen LogP contribution is -2.59. The van der Waals surface area contributed by atoms with Crippen LogP contribution in [0.4, 0.5) is 4.39 Å². The van der Waals surface area contributed by atoms with Crippen LogP contribution in [0.25, 0.3) is 0 Å². The molecular weight excluding hydrogens is 245 g/mol. The molecule has 0 amide bonds. The van der Waals surface area contributed by atoms with Crippen molar-refractivity contribution in [2.75, 3.05) is 6.61 Å². The highest BCUT2D eigenvalue weighted by Gasteiger charge is 2.41. The van der Waals surface area contributed by atoms with Crippen LogP contribution >= 0.6 is 11.6 Å². The zero-order valence-corrected chi connectivity index (χ0v) is 10.3. The molecule has 0 radical (unpaired) electrons. The van der Waals surface area contributed by atoms with Gasteiger partial charge in [0.15, 0.2) is 0 Å². The Morgan fingerprint density at radius 2 is 2.29 bits per heavy atom. The molecule has 0 saturated heterocycles. The zero-order valence-electron chi connectivity index (χ0n) is 9.53. The van der Waals surface area contributed by atoms with Gasteiger partial charge in [0, 0.05) is 25.1 Å². The van der Waals surface area contributed by atoms with Gasteiger partial charge in [-0.3, -0.25) is 0 Å². The second kappa shape index (κ2) is 5.21. The number of ether oxygens (including phenoxy) is 2. The van der Waals surface area contributed by atoms with E-state index in [1.165, 1.54) is 12.1 Å². The van der Waals surface area contributed by atoms with Crippen LogP contribution in [0.5, 0.6) is 5.75 Å². The van der Waals surface area contributed by atoms with Crippen molar-refractivity contribution in [3.05, 3.63) is 29.0 Å². The Labute approximate surface area is 105 Å². The lowest BCUT2D eigenvalue weighted by molar-refractivity contribution is -0.0945. The average molecular weight is 260 g/mol. The summed E-state index contributed by atoms with van der Waals surface area (Å²) in [6.07, 6.45) is 0.565. The summed E-state index contributed by atoms with van der Waals surface area (Å²) in [5.74, 6) is 0.0867. The molecule has 1 aliphatic rings. The number of halogens is 2. The van der Waals surface area contributed by atoms with Gasteiger partial charge in [-0.2, -0.15) is 0 Å². The fraction of sp³-hybridized carbons (Fsp3) is 0.500. The van der Waals surface area contributed by atoms with Crippen LogP contribution in [0.1, 0.15) is 13.3 Å². The summed E-state index contributed by atoms with van der Waals surface area (Å²) in [6, 6.07) is 4.31. The molecule has 5 heteroatoms. The van der Waals surface area contributed by atoms with Crippen molar-refractivity contribution in [3.8, 4) is 5.75 Å². The van der Waals surface area contributed by atoms with E-state index in [2.05, 4.69) is 0 Å². The van der Waals surface area contributed by atoms with Crippen molar-refractivity contribution in [3.63, 3.8) is 0 Å². The largest absolute Gasteiger partial charge is 0.488 e. The predicted molar refractivity (Wildman–Crippen MR) is 63.8 cm³/mol. The quantitative estimate of drug-likeness (QED) is 0.903. The predicted octanol–water partition coefficient (Wildman–Crippen LogP) is 2.36. The molecule has 0 bridgehead atoms. The number of hydrogen-bond acceptors (Lipinski definition) is 3. The van der Waals surface area contributed by atoms with E-state index in [1.807, 2.05) is 6.92 Å². The minimum absolute atomic E-state index is 0.0101. The molecular formula is C12H15ClFNO2. The third-order valence-electron chi connectivity index (χ3n) is 2.83. The maximum Gasteiger partial charge on any atom is 0.142 e. The van der Waals surface area contributed by atoms with Crippen LogP contribution in [-0.2, 0) is 4.74 Å². The first kappa shape index (κ1) is 12.6. The van der Waals surface area contributed by atoms with Gasteiger partial charge in [-0.25, -0.2) is 4.39 Å². The van der Waals surface area contributed by atoms with E-state index in [9.17, 15) is 4.39 Å². The Morgan fingerprint density at radius 1 is 1.53 bits per heavy atom. The van der Waals surface area contributed by atoms with E-state index in [-0.39, 0.29) is 23.3 Å². The van der Waals surface area contributed by atoms with Crippen LogP contribution in [0.15, 0.2) is 18.2 Å². The summed E-state index contributed by atoms with van der Waals surface area (Å²) in [7, 11) is 0. The van der Waals surface area contributed by atoms with Crippen molar-refractivity contribution in [2.45, 2.75) is 31.6 Å². The third kappa shape index (κ3) is 2.70.